The summed E-state index contributed by atoms with van der Waals surface area (Å²) < 4.78 is 1.63. The molecule has 2 aliphatic heterocycles. The van der Waals surface area contributed by atoms with Gasteiger partial charge in [-0.2, -0.15) is 0 Å². The number of hydrogen-bond acceptors (Lipinski definition) is 19. The van der Waals surface area contributed by atoms with E-state index in [0.717, 1.165) is 44.2 Å². The van der Waals surface area contributed by atoms with Crippen LogP contribution in [0, 0.1) is 92.2 Å². The van der Waals surface area contributed by atoms with Gasteiger partial charge in [0.05, 0.1) is 70.3 Å². The van der Waals surface area contributed by atoms with Crippen LogP contribution in [-0.4, -0.2) is 307 Å². The molecule has 0 spiro atoms. The fourth-order valence-electron chi connectivity index (χ4n) is 9.38. The molecule has 87 heavy (non-hydrogen) atoms. The number of aliphatic hydroxyl groups excluding tert-OH is 2. The second-order valence-electron chi connectivity index (χ2n) is 20.7. The van der Waals surface area contributed by atoms with E-state index in [4.69, 9.17) is 17.1 Å². The van der Waals surface area contributed by atoms with Crippen molar-refractivity contribution < 1.29 is 167 Å². The molecule has 0 saturated carbocycles. The number of aromatic nitrogens is 3. The Hall–Kier alpha value is -3.96. The summed E-state index contributed by atoms with van der Waals surface area (Å²) in [4.78, 5) is 84.6. The molecular formula is C56H86CuGd2N14O14. The molecular weight excluding hydrogens is 1470 g/mol. The number of unbranched alkanes of at least 4 members (excludes halogenated alkanes) is 1. The molecule has 0 bridgehead atoms. The predicted octanol–water partition coefficient (Wildman–Crippen LogP) is 0.0627. The summed E-state index contributed by atoms with van der Waals surface area (Å²) in [6, 6.07) is 20.7. The summed E-state index contributed by atoms with van der Waals surface area (Å²) in [7, 11) is 0. The summed E-state index contributed by atoms with van der Waals surface area (Å²) in [6.45, 7) is 5.28. The van der Waals surface area contributed by atoms with Crippen molar-refractivity contribution in [2.45, 2.75) is 57.3 Å². The van der Waals surface area contributed by atoms with Crippen molar-refractivity contribution in [1.29, 1.82) is 0 Å². The van der Waals surface area contributed by atoms with Gasteiger partial charge < -0.3 is 40.9 Å². The van der Waals surface area contributed by atoms with E-state index >= 15 is 0 Å². The SMILES string of the molecule is C#CCCCc1ccccc1.O=C(O)CN1CCN(CC(=O)O)CCN(CC(O)Cn2cc(CCCc3ccccc3)nn2)CCN(CC(=O)O)CC1.[Cu].[Gd].[Gd].[N-]=[N+]=NCC(O)CN1CCN(CC(=O)O)CCN(CC(=O)O)CCN(CC(=O)O)CC1. The van der Waals surface area contributed by atoms with E-state index in [9.17, 15) is 64.5 Å². The molecule has 491 valence electrons. The second kappa shape index (κ2) is 49.8. The van der Waals surface area contributed by atoms with Gasteiger partial charge in [-0.1, -0.05) is 71.0 Å². The molecule has 2 aromatic carbocycles. The van der Waals surface area contributed by atoms with Crippen LogP contribution in [-0.2, 0) is 71.6 Å². The third-order valence-corrected chi connectivity index (χ3v) is 13.7. The molecule has 3 aromatic rings. The standard InChI is InChI=1S/C28H43N7O7.C17H31N7O7.C11H12.Cu.2Gd/c36-25(19-35-17-24(29-30-35)8-4-7-23-5-2-1-3-6-23)18-31-9-11-32(20-26(37)38)13-15-34(22-28(41)42)16-14-33(12-10-31)21-27(39)40;18-20-19-9-14(25)10-21-1-3-22(11-15(26)27)5-7-24(13-17(30)31)8-6-23(4-2-21)12-16(28)29;1-2-3-5-8-11-9-6-4-7-10-11;;;/h1-3,5-6,17,25,36H,4,7-16,18-22H2,(H,37,38)(H,39,40)(H,41,42);14,25H,1-13H2,(H,26,27)(H,28,29)(H,30,31);1,4,6-7,9-10H,3,5,8H2;;;. The first-order valence-electron chi connectivity index (χ1n) is 28.2. The number of rotatable bonds is 27. The van der Waals surface area contributed by atoms with Gasteiger partial charge in [0, 0.05) is 232 Å². The Labute approximate surface area is 583 Å². The van der Waals surface area contributed by atoms with Crippen molar-refractivity contribution in [2.24, 2.45) is 5.11 Å². The quantitative estimate of drug-likeness (QED) is 0.0125. The first kappa shape index (κ1) is 83.0. The van der Waals surface area contributed by atoms with Crippen LogP contribution in [0.15, 0.2) is 72.0 Å². The monoisotopic (exact) mass is 1560 g/mol. The minimum atomic E-state index is -1.01. The average molecular weight is 1560 g/mol. The van der Waals surface area contributed by atoms with Gasteiger partial charge in [0.25, 0.3) is 0 Å². The van der Waals surface area contributed by atoms with Crippen LogP contribution in [0.1, 0.15) is 36.1 Å². The molecule has 2 atom stereocenters. The Bertz CT molecular complexity index is 2440. The van der Waals surface area contributed by atoms with E-state index < -0.39 is 48.0 Å². The maximum Gasteiger partial charge on any atom is 0.317 e. The van der Waals surface area contributed by atoms with Crippen LogP contribution in [0.3, 0.4) is 0 Å². The molecule has 1 aromatic heterocycles. The Kier molecular flexibility index (Phi) is 47.5. The number of aliphatic hydroxyl groups is 2. The van der Waals surface area contributed by atoms with Gasteiger partial charge in [-0.05, 0) is 48.8 Å². The van der Waals surface area contributed by atoms with Gasteiger partial charge in [0.15, 0.2) is 0 Å². The predicted molar refractivity (Wildman–Crippen MR) is 310 cm³/mol. The van der Waals surface area contributed by atoms with Gasteiger partial charge in [-0.15, -0.1) is 17.4 Å². The van der Waals surface area contributed by atoms with Crippen LogP contribution in [0.2, 0.25) is 0 Å². The summed E-state index contributed by atoms with van der Waals surface area (Å²) in [5, 5.41) is 88.3. The van der Waals surface area contributed by atoms with Crippen molar-refractivity contribution >= 4 is 35.8 Å². The van der Waals surface area contributed by atoms with Crippen molar-refractivity contribution in [3.63, 3.8) is 0 Å². The van der Waals surface area contributed by atoms with E-state index in [2.05, 4.69) is 62.7 Å². The van der Waals surface area contributed by atoms with Crippen molar-refractivity contribution in [3.05, 3.63) is 94.1 Å². The van der Waals surface area contributed by atoms with Crippen LogP contribution in [0.25, 0.3) is 10.4 Å². The molecule has 0 amide bonds. The molecule has 31 heteroatoms. The number of β-amino-alcohol motifs (C(OH)–C–C–N with tert-alkyl or cyclic N) is 2. The molecule has 0 aliphatic carbocycles. The molecule has 5 rings (SSSR count). The zero-order valence-electron chi connectivity index (χ0n) is 49.0. The molecule has 1 radical (unpaired) electrons. The minimum absolute atomic E-state index is 0. The zero-order valence-corrected chi connectivity index (χ0v) is 54.5. The molecule has 3 heterocycles. The van der Waals surface area contributed by atoms with Gasteiger partial charge in [0.2, 0.25) is 0 Å². The zero-order chi connectivity index (χ0) is 61.5. The van der Waals surface area contributed by atoms with Crippen LogP contribution >= 0.6 is 0 Å². The Morgan fingerprint density at radius 3 is 1.11 bits per heavy atom. The number of nitrogens with zero attached hydrogens (tertiary/aromatic N) is 14. The van der Waals surface area contributed by atoms with Gasteiger partial charge in [-0.25, -0.2) is 4.68 Å². The summed E-state index contributed by atoms with van der Waals surface area (Å²) >= 11 is 0. The summed E-state index contributed by atoms with van der Waals surface area (Å²) in [5.41, 5.74) is 11.9. The number of azide groups is 1. The summed E-state index contributed by atoms with van der Waals surface area (Å²) in [6.07, 6.45) is 11.0. The third-order valence-electron chi connectivity index (χ3n) is 13.7. The first-order chi connectivity index (χ1) is 40.3. The largest absolute Gasteiger partial charge is 0.480 e. The molecule has 2 fully saturated rings. The van der Waals surface area contributed by atoms with Crippen molar-refractivity contribution in [3.8, 4) is 12.3 Å². The van der Waals surface area contributed by atoms with Crippen LogP contribution in [0.4, 0.5) is 0 Å². The minimum Gasteiger partial charge on any atom is -0.480 e. The van der Waals surface area contributed by atoms with Crippen LogP contribution in [0.5, 0.6) is 0 Å². The third kappa shape index (κ3) is 41.9. The average Bonchev–Trinajstić information content (AvgIpc) is 4.18. The Morgan fingerprint density at radius 1 is 0.494 bits per heavy atom. The summed E-state index contributed by atoms with van der Waals surface area (Å²) in [5.74, 6) is -3.32. The van der Waals surface area contributed by atoms with E-state index in [1.807, 2.05) is 40.3 Å². The van der Waals surface area contributed by atoms with Crippen molar-refractivity contribution in [2.75, 3.05) is 164 Å². The fraction of sp³-hybridized carbons (Fsp3) is 0.607. The number of carboxylic acid groups (broad SMARTS) is 6. The molecule has 8 N–H and O–H groups in total. The number of hydrogen-bond donors (Lipinski definition) is 8. The van der Waals surface area contributed by atoms with Gasteiger partial charge in [0.1, 0.15) is 0 Å². The number of benzene rings is 2. The van der Waals surface area contributed by atoms with Crippen LogP contribution < -0.4 is 0 Å². The molecule has 2 aliphatic rings. The number of carbonyl (C=O) groups is 6. The number of carboxylic acids is 6. The normalized spacial score (nSPS) is 16.7. The number of terminal acetylenes is 1. The smallest absolute Gasteiger partial charge is 0.317 e. The van der Waals surface area contributed by atoms with Gasteiger partial charge >= 0.3 is 35.8 Å². The molecule has 2 saturated heterocycles. The van der Waals surface area contributed by atoms with E-state index in [1.54, 1.807) is 34.1 Å². The van der Waals surface area contributed by atoms with Crippen molar-refractivity contribution in [1.82, 2.24) is 54.2 Å². The van der Waals surface area contributed by atoms with Gasteiger partial charge in [-0.3, -0.25) is 68.0 Å². The van der Waals surface area contributed by atoms with E-state index in [1.165, 1.54) is 11.1 Å². The maximum atomic E-state index is 11.5. The second-order valence-corrected chi connectivity index (χ2v) is 20.7. The Morgan fingerprint density at radius 2 is 0.805 bits per heavy atom. The van der Waals surface area contributed by atoms with E-state index in [0.29, 0.717) is 105 Å². The molecule has 2 unspecified atom stereocenters. The number of aliphatic carboxylic acids is 6. The Balaban J connectivity index is 0.00000144. The molecule has 28 nitrogen and oxygen atoms in total. The fourth-order valence-corrected chi connectivity index (χ4v) is 9.38. The first-order valence-corrected chi connectivity index (χ1v) is 28.2. The topological polar surface area (TPSA) is 370 Å². The maximum absolute atomic E-state index is 11.5. The number of aryl methyl sites for hydroxylation is 3. The van der Waals surface area contributed by atoms with E-state index in [-0.39, 0.29) is 162 Å².